The van der Waals surface area contributed by atoms with Gasteiger partial charge in [0.25, 0.3) is 5.91 Å². The van der Waals surface area contributed by atoms with E-state index in [1.807, 2.05) is 0 Å². The molecular weight excluding hydrogens is 452 g/mol. The number of methoxy groups -OCH3 is 2. The van der Waals surface area contributed by atoms with Gasteiger partial charge in [-0.05, 0) is 53.8 Å². The largest absolute Gasteiger partial charge is 0.497 e. The van der Waals surface area contributed by atoms with Gasteiger partial charge in [-0.3, -0.25) is 9.59 Å². The lowest BCUT2D eigenvalue weighted by atomic mass is 9.95. The number of primary amides is 1. The molecule has 0 fully saturated rings. The van der Waals surface area contributed by atoms with E-state index in [0.29, 0.717) is 32.9 Å². The lowest BCUT2D eigenvalue weighted by Gasteiger charge is -2.11. The number of thiophene rings is 1. The predicted molar refractivity (Wildman–Crippen MR) is 121 cm³/mol. The van der Waals surface area contributed by atoms with Crippen molar-refractivity contribution in [1.29, 1.82) is 0 Å². The summed E-state index contributed by atoms with van der Waals surface area (Å²) in [7, 11) is 3.11. The fourth-order valence-corrected chi connectivity index (χ4v) is 5.58. The fourth-order valence-electron chi connectivity index (χ4n) is 3.59. The number of anilines is 1. The number of nitrogens with two attached hydrogens (primary N) is 1. The van der Waals surface area contributed by atoms with Gasteiger partial charge in [-0.2, -0.15) is 4.68 Å². The third kappa shape index (κ3) is 4.41. The van der Waals surface area contributed by atoms with Crippen LogP contribution in [0.25, 0.3) is 5.69 Å². The summed E-state index contributed by atoms with van der Waals surface area (Å²) in [5, 5.41) is 15.5. The van der Waals surface area contributed by atoms with Gasteiger partial charge in [0.15, 0.2) is 0 Å². The Morgan fingerprint density at radius 2 is 2.06 bits per heavy atom. The van der Waals surface area contributed by atoms with Crippen molar-refractivity contribution < 1.29 is 19.1 Å². The molecule has 3 N–H and O–H groups in total. The highest BCUT2D eigenvalue weighted by Gasteiger charge is 2.25. The van der Waals surface area contributed by atoms with E-state index in [9.17, 15) is 9.59 Å². The second-order valence-corrected chi connectivity index (χ2v) is 9.07. The molecule has 0 atom stereocenters. The molecule has 2 heterocycles. The Bertz CT molecular complexity index is 1160. The van der Waals surface area contributed by atoms with Crippen LogP contribution < -0.4 is 20.5 Å². The molecule has 4 rings (SSSR count). The van der Waals surface area contributed by atoms with Crippen LogP contribution in [0.15, 0.2) is 23.4 Å². The molecule has 32 heavy (non-hydrogen) atoms. The highest BCUT2D eigenvalue weighted by molar-refractivity contribution is 7.99. The molecule has 1 aliphatic carbocycles. The molecule has 1 aliphatic rings. The summed E-state index contributed by atoms with van der Waals surface area (Å²) in [6, 6.07) is 5.26. The van der Waals surface area contributed by atoms with Crippen molar-refractivity contribution in [3.8, 4) is 17.2 Å². The monoisotopic (exact) mass is 474 g/mol. The van der Waals surface area contributed by atoms with Crippen molar-refractivity contribution in [3.63, 3.8) is 0 Å². The maximum atomic E-state index is 12.7. The maximum absolute atomic E-state index is 12.7. The van der Waals surface area contributed by atoms with Crippen molar-refractivity contribution >= 4 is 39.9 Å². The Labute approximate surface area is 192 Å². The zero-order valence-electron chi connectivity index (χ0n) is 17.6. The van der Waals surface area contributed by atoms with Crippen molar-refractivity contribution in [3.05, 3.63) is 34.2 Å². The summed E-state index contributed by atoms with van der Waals surface area (Å²) in [5.74, 6) is 0.433. The van der Waals surface area contributed by atoms with Crippen LogP contribution in [-0.4, -0.2) is 52.0 Å². The number of rotatable bonds is 8. The van der Waals surface area contributed by atoms with E-state index < -0.39 is 5.91 Å². The van der Waals surface area contributed by atoms with Gasteiger partial charge in [-0.1, -0.05) is 11.8 Å². The topological polar surface area (TPSA) is 134 Å². The molecule has 2 amide bonds. The first-order chi connectivity index (χ1) is 15.5. The van der Waals surface area contributed by atoms with E-state index in [4.69, 9.17) is 15.2 Å². The summed E-state index contributed by atoms with van der Waals surface area (Å²) in [6.07, 6.45) is 3.81. The van der Waals surface area contributed by atoms with E-state index in [1.54, 1.807) is 32.4 Å². The Balaban J connectivity index is 1.50. The predicted octanol–water partition coefficient (Wildman–Crippen LogP) is 2.45. The number of aromatic nitrogens is 4. The maximum Gasteiger partial charge on any atom is 0.251 e. The third-order valence-corrected chi connectivity index (χ3v) is 7.18. The first-order valence-corrected chi connectivity index (χ1v) is 11.7. The van der Waals surface area contributed by atoms with Crippen molar-refractivity contribution in [2.45, 2.75) is 30.8 Å². The Hall–Kier alpha value is -3.12. The van der Waals surface area contributed by atoms with E-state index in [2.05, 4.69) is 20.8 Å². The lowest BCUT2D eigenvalue weighted by Crippen LogP contribution is -2.19. The van der Waals surface area contributed by atoms with Gasteiger partial charge in [-0.15, -0.1) is 16.4 Å². The molecule has 0 saturated carbocycles. The average molecular weight is 475 g/mol. The van der Waals surface area contributed by atoms with Gasteiger partial charge >= 0.3 is 0 Å². The second-order valence-electron chi connectivity index (χ2n) is 7.03. The molecule has 0 unspecified atom stereocenters. The van der Waals surface area contributed by atoms with Crippen LogP contribution in [0.4, 0.5) is 5.00 Å². The van der Waals surface area contributed by atoms with Crippen molar-refractivity contribution in [2.24, 2.45) is 5.73 Å². The second kappa shape index (κ2) is 9.57. The fraction of sp³-hybridized carbons (Fsp3) is 0.350. The molecule has 12 heteroatoms. The number of nitrogens with zero attached hydrogens (tertiary/aromatic N) is 4. The normalized spacial score (nSPS) is 12.8. The summed E-state index contributed by atoms with van der Waals surface area (Å²) in [6.45, 7) is 0. The molecule has 0 radical (unpaired) electrons. The van der Waals surface area contributed by atoms with Crippen LogP contribution >= 0.6 is 23.1 Å². The third-order valence-electron chi connectivity index (χ3n) is 5.06. The van der Waals surface area contributed by atoms with E-state index in [-0.39, 0.29) is 11.7 Å². The molecule has 0 spiro atoms. The molecule has 168 valence electrons. The minimum Gasteiger partial charge on any atom is -0.497 e. The number of carbonyl (C=O) groups excluding carboxylic acids is 2. The Morgan fingerprint density at radius 1 is 1.25 bits per heavy atom. The summed E-state index contributed by atoms with van der Waals surface area (Å²) < 4.78 is 12.2. The SMILES string of the molecule is COc1ccc(OC)c(-n2nnnc2SCC(=O)Nc2sc3c(c2C(N)=O)CCCC3)c1. The molecule has 1 aromatic carbocycles. The highest BCUT2D eigenvalue weighted by Crippen LogP contribution is 2.38. The number of nitrogens with one attached hydrogen (secondary N) is 1. The summed E-state index contributed by atoms with van der Waals surface area (Å²) in [5.41, 5.74) is 7.61. The van der Waals surface area contributed by atoms with Crippen LogP contribution in [0.1, 0.15) is 33.6 Å². The van der Waals surface area contributed by atoms with Crippen LogP contribution in [0.2, 0.25) is 0 Å². The Kier molecular flexibility index (Phi) is 6.61. The quantitative estimate of drug-likeness (QED) is 0.476. The molecule has 3 aromatic rings. The number of benzene rings is 1. The number of thioether (sulfide) groups is 1. The molecule has 2 aromatic heterocycles. The molecule has 0 saturated heterocycles. The van der Waals surface area contributed by atoms with Gasteiger partial charge in [0.05, 0.1) is 25.5 Å². The zero-order valence-corrected chi connectivity index (χ0v) is 19.2. The zero-order chi connectivity index (χ0) is 22.7. The first kappa shape index (κ1) is 22.1. The van der Waals surface area contributed by atoms with E-state index in [1.165, 1.54) is 16.0 Å². The number of amides is 2. The van der Waals surface area contributed by atoms with Crippen LogP contribution in [0.3, 0.4) is 0 Å². The number of hydrogen-bond donors (Lipinski definition) is 2. The van der Waals surface area contributed by atoms with Crippen LogP contribution in [0, 0.1) is 0 Å². The van der Waals surface area contributed by atoms with E-state index in [0.717, 1.165) is 47.9 Å². The smallest absolute Gasteiger partial charge is 0.251 e. The number of hydrogen-bond acceptors (Lipinski definition) is 9. The van der Waals surface area contributed by atoms with E-state index >= 15 is 0 Å². The average Bonchev–Trinajstić information content (AvgIpc) is 3.41. The number of tetrazole rings is 1. The highest BCUT2D eigenvalue weighted by atomic mass is 32.2. The number of aryl methyl sites for hydroxylation is 1. The number of ether oxygens (including phenoxy) is 2. The number of fused-ring (bicyclic) bond motifs is 1. The summed E-state index contributed by atoms with van der Waals surface area (Å²) >= 11 is 2.60. The van der Waals surface area contributed by atoms with Crippen LogP contribution in [-0.2, 0) is 17.6 Å². The summed E-state index contributed by atoms with van der Waals surface area (Å²) in [4.78, 5) is 25.8. The van der Waals surface area contributed by atoms with Gasteiger partial charge in [0, 0.05) is 10.9 Å². The van der Waals surface area contributed by atoms with Gasteiger partial charge in [0.2, 0.25) is 11.1 Å². The van der Waals surface area contributed by atoms with Crippen molar-refractivity contribution in [2.75, 3.05) is 25.3 Å². The van der Waals surface area contributed by atoms with Crippen LogP contribution in [0.5, 0.6) is 11.5 Å². The molecule has 10 nitrogen and oxygen atoms in total. The minimum atomic E-state index is -0.513. The molecular formula is C20H22N6O4S2. The van der Waals surface area contributed by atoms with Crippen molar-refractivity contribution in [1.82, 2.24) is 20.2 Å². The minimum absolute atomic E-state index is 0.0490. The van der Waals surface area contributed by atoms with Gasteiger partial charge < -0.3 is 20.5 Å². The van der Waals surface area contributed by atoms with Gasteiger partial charge in [-0.25, -0.2) is 0 Å². The Morgan fingerprint density at radius 3 is 2.81 bits per heavy atom. The molecule has 0 bridgehead atoms. The standard InChI is InChI=1S/C20H22N6O4S2/c1-29-11-7-8-14(30-2)13(9-11)26-20(23-24-25-26)31-10-16(27)22-19-17(18(21)28)12-5-3-4-6-15(12)32-19/h7-9H,3-6,10H2,1-2H3,(H2,21,28)(H,22,27). The number of carbonyl (C=O) groups is 2. The lowest BCUT2D eigenvalue weighted by molar-refractivity contribution is -0.113. The molecule has 0 aliphatic heterocycles. The van der Waals surface area contributed by atoms with Gasteiger partial charge in [0.1, 0.15) is 22.2 Å². The first-order valence-electron chi connectivity index (χ1n) is 9.89.